The van der Waals surface area contributed by atoms with Crippen molar-refractivity contribution in [3.63, 3.8) is 0 Å². The van der Waals surface area contributed by atoms with Crippen molar-refractivity contribution in [2.45, 2.75) is 23.9 Å². The number of aromatic nitrogens is 3. The second kappa shape index (κ2) is 9.82. The molecule has 1 atom stereocenters. The standard InChI is InChI=1S/C22H24ClN5OS/c1-5-14-28-20(16-6-8-17(23)9-7-16)25-26-22(28)30-15(2)21(29)24-18-10-12-19(13-11-18)27(3)4/h5-13,15H,1,14H2,2-4H3,(H,24,29). The molecule has 1 amide bonds. The van der Waals surface area contributed by atoms with E-state index in [1.807, 2.05) is 79.0 Å². The van der Waals surface area contributed by atoms with Crippen LogP contribution in [-0.4, -0.2) is 40.0 Å². The lowest BCUT2D eigenvalue weighted by atomic mass is 10.2. The summed E-state index contributed by atoms with van der Waals surface area (Å²) in [6, 6.07) is 15.1. The fraction of sp³-hybridized carbons (Fsp3) is 0.227. The molecule has 156 valence electrons. The van der Waals surface area contributed by atoms with Crippen LogP contribution in [0.25, 0.3) is 11.4 Å². The average molecular weight is 442 g/mol. The van der Waals surface area contributed by atoms with E-state index in [1.165, 1.54) is 11.8 Å². The van der Waals surface area contributed by atoms with Gasteiger partial charge in [-0.15, -0.1) is 16.8 Å². The van der Waals surface area contributed by atoms with Crippen LogP contribution in [0.15, 0.2) is 66.3 Å². The van der Waals surface area contributed by atoms with Crippen molar-refractivity contribution in [2.75, 3.05) is 24.3 Å². The van der Waals surface area contributed by atoms with Gasteiger partial charge in [0.1, 0.15) is 0 Å². The van der Waals surface area contributed by atoms with Gasteiger partial charge in [-0.2, -0.15) is 0 Å². The summed E-state index contributed by atoms with van der Waals surface area (Å²) in [5, 5.41) is 12.5. The molecule has 1 unspecified atom stereocenters. The number of carbonyl (C=O) groups is 1. The predicted octanol–water partition coefficient (Wildman–Crippen LogP) is 4.97. The number of amides is 1. The fourth-order valence-corrected chi connectivity index (χ4v) is 3.76. The second-order valence-corrected chi connectivity index (χ2v) is 8.65. The molecule has 3 rings (SSSR count). The molecule has 0 bridgehead atoms. The number of nitrogens with one attached hydrogen (secondary N) is 1. The number of benzene rings is 2. The number of hydrogen-bond acceptors (Lipinski definition) is 5. The van der Waals surface area contributed by atoms with E-state index in [0.29, 0.717) is 22.5 Å². The lowest BCUT2D eigenvalue weighted by Crippen LogP contribution is -2.23. The third-order valence-electron chi connectivity index (χ3n) is 4.43. The van der Waals surface area contributed by atoms with Gasteiger partial charge < -0.3 is 10.2 Å². The smallest absolute Gasteiger partial charge is 0.237 e. The molecule has 2 aromatic carbocycles. The van der Waals surface area contributed by atoms with Gasteiger partial charge in [0.05, 0.1) is 5.25 Å². The van der Waals surface area contributed by atoms with E-state index in [1.54, 1.807) is 6.08 Å². The van der Waals surface area contributed by atoms with Gasteiger partial charge in [0.25, 0.3) is 0 Å². The van der Waals surface area contributed by atoms with Crippen molar-refractivity contribution in [2.24, 2.45) is 0 Å². The Bertz CT molecular complexity index is 1020. The summed E-state index contributed by atoms with van der Waals surface area (Å²) < 4.78 is 1.94. The number of carbonyl (C=O) groups excluding carboxylic acids is 1. The SMILES string of the molecule is C=CCn1c(SC(C)C(=O)Nc2ccc(N(C)C)cc2)nnc1-c1ccc(Cl)cc1. The van der Waals surface area contributed by atoms with Crippen LogP contribution in [0.1, 0.15) is 6.92 Å². The van der Waals surface area contributed by atoms with Gasteiger partial charge in [-0.25, -0.2) is 0 Å². The van der Waals surface area contributed by atoms with Crippen molar-refractivity contribution in [1.82, 2.24) is 14.8 Å². The molecule has 1 N–H and O–H groups in total. The first-order valence-electron chi connectivity index (χ1n) is 9.44. The van der Waals surface area contributed by atoms with Crippen molar-refractivity contribution >= 4 is 40.6 Å². The van der Waals surface area contributed by atoms with Crippen LogP contribution in [0.3, 0.4) is 0 Å². The Morgan fingerprint density at radius 3 is 2.47 bits per heavy atom. The van der Waals surface area contributed by atoms with Crippen LogP contribution in [0.5, 0.6) is 0 Å². The van der Waals surface area contributed by atoms with Gasteiger partial charge in [-0.1, -0.05) is 29.4 Å². The fourth-order valence-electron chi connectivity index (χ4n) is 2.78. The lowest BCUT2D eigenvalue weighted by Gasteiger charge is -2.15. The second-order valence-electron chi connectivity index (χ2n) is 6.90. The third kappa shape index (κ3) is 5.23. The van der Waals surface area contributed by atoms with Gasteiger partial charge in [0, 0.05) is 42.6 Å². The first-order chi connectivity index (χ1) is 14.4. The molecule has 0 radical (unpaired) electrons. The minimum absolute atomic E-state index is 0.0983. The maximum atomic E-state index is 12.7. The number of hydrogen-bond donors (Lipinski definition) is 1. The van der Waals surface area contributed by atoms with E-state index in [0.717, 1.165) is 16.9 Å². The molecule has 1 aromatic heterocycles. The summed E-state index contributed by atoms with van der Waals surface area (Å²) in [6.07, 6.45) is 1.78. The minimum Gasteiger partial charge on any atom is -0.378 e. The Balaban J connectivity index is 1.73. The number of anilines is 2. The largest absolute Gasteiger partial charge is 0.378 e. The Morgan fingerprint density at radius 2 is 1.87 bits per heavy atom. The molecule has 0 aliphatic carbocycles. The molecule has 30 heavy (non-hydrogen) atoms. The highest BCUT2D eigenvalue weighted by Crippen LogP contribution is 2.28. The highest BCUT2D eigenvalue weighted by molar-refractivity contribution is 8.00. The normalized spacial score (nSPS) is 11.7. The Kier molecular flexibility index (Phi) is 7.18. The molecular weight excluding hydrogens is 418 g/mol. The molecular formula is C22H24ClN5OS. The first-order valence-corrected chi connectivity index (χ1v) is 10.7. The molecule has 0 saturated heterocycles. The zero-order valence-electron chi connectivity index (χ0n) is 17.2. The van der Waals surface area contributed by atoms with E-state index in [-0.39, 0.29) is 11.2 Å². The molecule has 0 saturated carbocycles. The molecule has 1 heterocycles. The van der Waals surface area contributed by atoms with Crippen molar-refractivity contribution in [3.8, 4) is 11.4 Å². The van der Waals surface area contributed by atoms with Gasteiger partial charge in [-0.05, 0) is 55.5 Å². The van der Waals surface area contributed by atoms with Crippen molar-refractivity contribution < 1.29 is 4.79 Å². The lowest BCUT2D eigenvalue weighted by molar-refractivity contribution is -0.115. The third-order valence-corrected chi connectivity index (χ3v) is 5.77. The van der Waals surface area contributed by atoms with Gasteiger partial charge in [-0.3, -0.25) is 9.36 Å². The van der Waals surface area contributed by atoms with E-state index in [9.17, 15) is 4.79 Å². The molecule has 8 heteroatoms. The molecule has 3 aromatic rings. The van der Waals surface area contributed by atoms with Crippen molar-refractivity contribution in [3.05, 3.63) is 66.2 Å². The topological polar surface area (TPSA) is 63.1 Å². The van der Waals surface area contributed by atoms with Crippen LogP contribution in [0.4, 0.5) is 11.4 Å². The average Bonchev–Trinajstić information content (AvgIpc) is 3.11. The van der Waals surface area contributed by atoms with Crippen LogP contribution in [0, 0.1) is 0 Å². The van der Waals surface area contributed by atoms with Crippen LogP contribution in [0.2, 0.25) is 5.02 Å². The summed E-state index contributed by atoms with van der Waals surface area (Å²) in [5.41, 5.74) is 2.73. The monoisotopic (exact) mass is 441 g/mol. The maximum absolute atomic E-state index is 12.7. The van der Waals surface area contributed by atoms with E-state index < -0.39 is 0 Å². The number of rotatable bonds is 8. The number of allylic oxidation sites excluding steroid dienone is 1. The zero-order valence-corrected chi connectivity index (χ0v) is 18.7. The zero-order chi connectivity index (χ0) is 21.7. The summed E-state index contributed by atoms with van der Waals surface area (Å²) in [4.78, 5) is 14.7. The summed E-state index contributed by atoms with van der Waals surface area (Å²) in [7, 11) is 3.95. The van der Waals surface area contributed by atoms with E-state index >= 15 is 0 Å². The summed E-state index contributed by atoms with van der Waals surface area (Å²) in [5.74, 6) is 0.611. The molecule has 0 aliphatic rings. The highest BCUT2D eigenvalue weighted by atomic mass is 35.5. The Morgan fingerprint density at radius 1 is 1.20 bits per heavy atom. The van der Waals surface area contributed by atoms with Crippen molar-refractivity contribution in [1.29, 1.82) is 0 Å². The predicted molar refractivity (Wildman–Crippen MR) is 125 cm³/mol. The van der Waals surface area contributed by atoms with Gasteiger partial charge >= 0.3 is 0 Å². The highest BCUT2D eigenvalue weighted by Gasteiger charge is 2.20. The van der Waals surface area contributed by atoms with E-state index in [2.05, 4.69) is 22.1 Å². The quantitative estimate of drug-likeness (QED) is 0.395. The van der Waals surface area contributed by atoms with Crippen LogP contribution in [-0.2, 0) is 11.3 Å². The van der Waals surface area contributed by atoms with Gasteiger partial charge in [0.2, 0.25) is 5.91 Å². The number of thioether (sulfide) groups is 1. The first kappa shape index (κ1) is 21.9. The molecule has 0 spiro atoms. The number of nitrogens with zero attached hydrogens (tertiary/aromatic N) is 4. The minimum atomic E-state index is -0.357. The summed E-state index contributed by atoms with van der Waals surface area (Å²) >= 11 is 7.35. The molecule has 0 aliphatic heterocycles. The maximum Gasteiger partial charge on any atom is 0.237 e. The van der Waals surface area contributed by atoms with Crippen LogP contribution >= 0.6 is 23.4 Å². The van der Waals surface area contributed by atoms with Gasteiger partial charge in [0.15, 0.2) is 11.0 Å². The molecule has 0 fully saturated rings. The molecule has 6 nitrogen and oxygen atoms in total. The number of halogens is 1. The Labute approximate surface area is 186 Å². The Hall–Kier alpha value is -2.77. The summed E-state index contributed by atoms with van der Waals surface area (Å²) in [6.45, 7) is 6.21. The van der Waals surface area contributed by atoms with E-state index in [4.69, 9.17) is 11.6 Å². The van der Waals surface area contributed by atoms with Crippen LogP contribution < -0.4 is 10.2 Å².